The first-order valence-corrected chi connectivity index (χ1v) is 14.5. The van der Waals surface area contributed by atoms with Gasteiger partial charge >= 0.3 is 14.8 Å². The highest BCUT2D eigenvalue weighted by Gasteiger charge is 2.39. The molecule has 0 N–H and O–H groups in total. The number of rotatable bonds is 20. The number of carbonyl (C=O) groups excluding carboxylic acids is 1. The molecule has 1 rings (SSSR count). The van der Waals surface area contributed by atoms with Crippen molar-refractivity contribution < 1.29 is 32.3 Å². The summed E-state index contributed by atoms with van der Waals surface area (Å²) < 4.78 is 34.6. The summed E-state index contributed by atoms with van der Waals surface area (Å²) in [6, 6.07) is 6.44. The minimum Gasteiger partial charge on any atom is -0.490 e. The number of ether oxygens (including phenoxy) is 3. The molecule has 7 nitrogen and oxygen atoms in total. The quantitative estimate of drug-likeness (QED) is 0.0943. The molecule has 34 heavy (non-hydrogen) atoms. The molecule has 194 valence electrons. The summed E-state index contributed by atoms with van der Waals surface area (Å²) in [5.41, 5.74) is 0.842. The predicted octanol–water partition coefficient (Wildman–Crippen LogP) is 6.04. The van der Waals surface area contributed by atoms with Crippen molar-refractivity contribution >= 4 is 20.8 Å². The Balaban J connectivity index is 2.74. The smallest absolute Gasteiger partial charge is 0.490 e. The van der Waals surface area contributed by atoms with Gasteiger partial charge in [0.05, 0.1) is 20.3 Å². The maximum atomic E-state index is 11.4. The van der Waals surface area contributed by atoms with E-state index < -0.39 is 14.8 Å². The lowest BCUT2D eigenvalue weighted by atomic mass is 10.2. The van der Waals surface area contributed by atoms with Crippen LogP contribution in [0.4, 0.5) is 0 Å². The second-order valence-corrected chi connectivity index (χ2v) is 10.5. The van der Waals surface area contributed by atoms with Crippen LogP contribution in [0.25, 0.3) is 6.08 Å². The number of carbonyl (C=O) groups is 1. The zero-order chi connectivity index (χ0) is 25.1. The highest BCUT2D eigenvalue weighted by molar-refractivity contribution is 6.60. The minimum atomic E-state index is -2.63. The van der Waals surface area contributed by atoms with Crippen LogP contribution in [-0.4, -0.2) is 54.9 Å². The molecule has 8 heteroatoms. The number of hydrogen-bond donors (Lipinski definition) is 0. The summed E-state index contributed by atoms with van der Waals surface area (Å²) in [5, 5.41) is 0. The van der Waals surface area contributed by atoms with Gasteiger partial charge in [-0.1, -0.05) is 32.3 Å². The first-order valence-electron chi connectivity index (χ1n) is 12.6. The predicted molar refractivity (Wildman–Crippen MR) is 137 cm³/mol. The summed E-state index contributed by atoms with van der Waals surface area (Å²) in [6.07, 6.45) is 9.37. The van der Waals surface area contributed by atoms with E-state index in [0.29, 0.717) is 44.5 Å². The standard InChI is InChI=1S/C26H44O7Si/c1-6-10-11-12-19-29-24-17-15-23(16-18-26(27)28-5)22-25(24)30-20-13-14-21-34(31-7-2,32-8-3)33-9-4/h15-18,22H,6-14,19-21H2,1-5H3. The van der Waals surface area contributed by atoms with Crippen LogP contribution < -0.4 is 9.47 Å². The van der Waals surface area contributed by atoms with Crippen LogP contribution in [0.2, 0.25) is 6.04 Å². The van der Waals surface area contributed by atoms with Gasteiger partial charge in [-0.05, 0) is 63.8 Å². The highest BCUT2D eigenvalue weighted by Crippen LogP contribution is 2.30. The fourth-order valence-electron chi connectivity index (χ4n) is 3.43. The Morgan fingerprint density at radius 3 is 2.03 bits per heavy atom. The molecule has 0 radical (unpaired) electrons. The number of unbranched alkanes of at least 4 members (excludes halogenated alkanes) is 4. The largest absolute Gasteiger partial charge is 0.500 e. The van der Waals surface area contributed by atoms with E-state index >= 15 is 0 Å². The van der Waals surface area contributed by atoms with Crippen LogP contribution >= 0.6 is 0 Å². The lowest BCUT2D eigenvalue weighted by Gasteiger charge is -2.28. The summed E-state index contributed by atoms with van der Waals surface area (Å²) in [7, 11) is -1.27. The first-order chi connectivity index (χ1) is 16.5. The zero-order valence-electron chi connectivity index (χ0n) is 21.7. The van der Waals surface area contributed by atoms with E-state index in [-0.39, 0.29) is 0 Å². The molecule has 0 spiro atoms. The van der Waals surface area contributed by atoms with Crippen molar-refractivity contribution in [1.82, 2.24) is 0 Å². The van der Waals surface area contributed by atoms with Crippen LogP contribution in [0.5, 0.6) is 11.5 Å². The van der Waals surface area contributed by atoms with E-state index in [1.165, 1.54) is 26.0 Å². The van der Waals surface area contributed by atoms with Gasteiger partial charge in [-0.25, -0.2) is 4.79 Å². The van der Waals surface area contributed by atoms with Crippen molar-refractivity contribution in [2.24, 2.45) is 0 Å². The van der Waals surface area contributed by atoms with Crippen LogP contribution in [-0.2, 0) is 22.8 Å². The summed E-state index contributed by atoms with van der Waals surface area (Å²) in [6.45, 7) is 11.0. The van der Waals surface area contributed by atoms with Crippen molar-refractivity contribution in [3.63, 3.8) is 0 Å². The summed E-state index contributed by atoms with van der Waals surface area (Å²) in [5.74, 6) is 0.989. The van der Waals surface area contributed by atoms with Crippen LogP contribution in [0.3, 0.4) is 0 Å². The molecular formula is C26H44O7Si. The minimum absolute atomic E-state index is 0.399. The van der Waals surface area contributed by atoms with Crippen LogP contribution in [0.1, 0.15) is 71.8 Å². The van der Waals surface area contributed by atoms with Crippen LogP contribution in [0, 0.1) is 0 Å². The average molecular weight is 497 g/mol. The Labute approximate surface area is 207 Å². The fraction of sp³-hybridized carbons (Fsp3) is 0.654. The van der Waals surface area contributed by atoms with Crippen molar-refractivity contribution in [1.29, 1.82) is 0 Å². The normalized spacial score (nSPS) is 11.7. The van der Waals surface area contributed by atoms with Crippen molar-refractivity contribution in [3.05, 3.63) is 29.8 Å². The molecule has 0 atom stereocenters. The van der Waals surface area contributed by atoms with Gasteiger partial charge in [-0.2, -0.15) is 0 Å². The van der Waals surface area contributed by atoms with Gasteiger partial charge in [0, 0.05) is 31.9 Å². The Morgan fingerprint density at radius 2 is 1.44 bits per heavy atom. The Bertz CT molecular complexity index is 691. The lowest BCUT2D eigenvalue weighted by Crippen LogP contribution is -2.45. The maximum Gasteiger partial charge on any atom is 0.500 e. The zero-order valence-corrected chi connectivity index (χ0v) is 22.7. The van der Waals surface area contributed by atoms with Crippen LogP contribution in [0.15, 0.2) is 24.3 Å². The topological polar surface area (TPSA) is 72.5 Å². The molecule has 0 unspecified atom stereocenters. The second-order valence-electron chi connectivity index (χ2n) is 7.76. The second kappa shape index (κ2) is 18.5. The van der Waals surface area contributed by atoms with Gasteiger partial charge < -0.3 is 27.5 Å². The summed E-state index contributed by atoms with van der Waals surface area (Å²) in [4.78, 5) is 11.4. The van der Waals surface area contributed by atoms with E-state index in [1.54, 1.807) is 6.08 Å². The monoisotopic (exact) mass is 496 g/mol. The van der Waals surface area contributed by atoms with E-state index in [0.717, 1.165) is 37.3 Å². The van der Waals surface area contributed by atoms with Crippen molar-refractivity contribution in [2.75, 3.05) is 40.1 Å². The average Bonchev–Trinajstić information content (AvgIpc) is 2.83. The Kier molecular flexibility index (Phi) is 16.4. The molecule has 0 saturated carbocycles. The molecule has 0 fully saturated rings. The number of methoxy groups -OCH3 is 1. The van der Waals surface area contributed by atoms with Gasteiger partial charge in [-0.3, -0.25) is 0 Å². The first kappa shape index (κ1) is 30.2. The summed E-state index contributed by atoms with van der Waals surface area (Å²) >= 11 is 0. The van der Waals surface area contributed by atoms with Gasteiger partial charge in [0.25, 0.3) is 0 Å². The lowest BCUT2D eigenvalue weighted by molar-refractivity contribution is -0.134. The molecule has 0 amide bonds. The molecule has 0 aliphatic carbocycles. The number of hydrogen-bond acceptors (Lipinski definition) is 7. The third-order valence-corrected chi connectivity index (χ3v) is 8.22. The van der Waals surface area contributed by atoms with Gasteiger partial charge in [0.15, 0.2) is 11.5 Å². The molecule has 1 aromatic rings. The third kappa shape index (κ3) is 12.0. The maximum absolute atomic E-state index is 11.4. The van der Waals surface area contributed by atoms with E-state index in [4.69, 9.17) is 22.8 Å². The Morgan fingerprint density at radius 1 is 0.824 bits per heavy atom. The third-order valence-electron chi connectivity index (χ3n) is 5.06. The molecule has 0 saturated heterocycles. The SMILES string of the molecule is CCCCCCOc1ccc(C=CC(=O)OC)cc1OCCCC[Si](OCC)(OCC)OCC. The number of esters is 1. The van der Waals surface area contributed by atoms with E-state index in [9.17, 15) is 4.79 Å². The van der Waals surface area contributed by atoms with E-state index in [1.807, 2.05) is 39.0 Å². The van der Waals surface area contributed by atoms with E-state index in [2.05, 4.69) is 11.7 Å². The molecule has 0 bridgehead atoms. The molecule has 0 aromatic heterocycles. The van der Waals surface area contributed by atoms with Gasteiger partial charge in [0.2, 0.25) is 0 Å². The van der Waals surface area contributed by atoms with Crippen molar-refractivity contribution in [3.8, 4) is 11.5 Å². The Hall–Kier alpha value is -1.87. The fourth-order valence-corrected chi connectivity index (χ4v) is 6.12. The van der Waals surface area contributed by atoms with Crippen molar-refractivity contribution in [2.45, 2.75) is 72.3 Å². The molecule has 0 heterocycles. The van der Waals surface area contributed by atoms with Gasteiger partial charge in [0.1, 0.15) is 0 Å². The molecule has 1 aromatic carbocycles. The molecule has 0 aliphatic rings. The highest BCUT2D eigenvalue weighted by atomic mass is 28.4. The number of benzene rings is 1. The molecular weight excluding hydrogens is 452 g/mol. The molecule has 0 aliphatic heterocycles. The van der Waals surface area contributed by atoms with Gasteiger partial charge in [-0.15, -0.1) is 0 Å².